The van der Waals surface area contributed by atoms with Gasteiger partial charge in [-0.05, 0) is 31.4 Å². The molecule has 0 spiro atoms. The molecule has 6 heteroatoms. The molecule has 3 rings (SSSR count). The molecule has 112 valence electrons. The van der Waals surface area contributed by atoms with Crippen LogP contribution in [0.3, 0.4) is 0 Å². The van der Waals surface area contributed by atoms with Gasteiger partial charge in [-0.25, -0.2) is 4.39 Å². The van der Waals surface area contributed by atoms with E-state index in [0.29, 0.717) is 19.4 Å². The largest absolute Gasteiger partial charge is 0.329 e. The lowest BCUT2D eigenvalue weighted by Gasteiger charge is -2.42. The standard InChI is InChI=1S/C15H16ClFN2O2/c1-2-10-14(20)18-8-4-7-12(18)15(21)19(10)11-6-3-5-9(16)13(11)17/h3,5-6,10,12H,2,4,7-8H2,1H3. The molecule has 0 bridgehead atoms. The molecule has 2 fully saturated rings. The van der Waals surface area contributed by atoms with E-state index in [1.54, 1.807) is 11.0 Å². The van der Waals surface area contributed by atoms with E-state index in [0.717, 1.165) is 6.42 Å². The van der Waals surface area contributed by atoms with Gasteiger partial charge in [0.15, 0.2) is 5.82 Å². The van der Waals surface area contributed by atoms with Gasteiger partial charge < -0.3 is 4.90 Å². The van der Waals surface area contributed by atoms with Gasteiger partial charge in [-0.15, -0.1) is 0 Å². The fraction of sp³-hybridized carbons (Fsp3) is 0.467. The predicted octanol–water partition coefficient (Wildman–Crippen LogP) is 2.60. The Morgan fingerprint density at radius 2 is 2.10 bits per heavy atom. The van der Waals surface area contributed by atoms with Crippen molar-refractivity contribution in [2.24, 2.45) is 0 Å². The maximum absolute atomic E-state index is 14.3. The summed E-state index contributed by atoms with van der Waals surface area (Å²) < 4.78 is 14.3. The van der Waals surface area contributed by atoms with Gasteiger partial charge in [0.1, 0.15) is 12.1 Å². The van der Waals surface area contributed by atoms with E-state index in [1.807, 2.05) is 6.92 Å². The summed E-state index contributed by atoms with van der Waals surface area (Å²) in [6.45, 7) is 2.43. The van der Waals surface area contributed by atoms with Gasteiger partial charge >= 0.3 is 0 Å². The number of benzene rings is 1. The fourth-order valence-electron chi connectivity index (χ4n) is 3.23. The zero-order valence-electron chi connectivity index (χ0n) is 11.7. The summed E-state index contributed by atoms with van der Waals surface area (Å²) in [4.78, 5) is 28.2. The summed E-state index contributed by atoms with van der Waals surface area (Å²) in [6, 6.07) is 3.41. The first kappa shape index (κ1) is 14.3. The normalized spacial score (nSPS) is 25.5. The van der Waals surface area contributed by atoms with Crippen molar-refractivity contribution in [2.75, 3.05) is 11.4 Å². The van der Waals surface area contributed by atoms with Crippen LogP contribution in [0.2, 0.25) is 5.02 Å². The van der Waals surface area contributed by atoms with Gasteiger partial charge in [0.25, 0.3) is 5.91 Å². The molecule has 2 atom stereocenters. The third-order valence-electron chi connectivity index (χ3n) is 4.23. The first-order valence-corrected chi connectivity index (χ1v) is 7.51. The van der Waals surface area contributed by atoms with E-state index in [2.05, 4.69) is 0 Å². The molecule has 0 radical (unpaired) electrons. The third kappa shape index (κ3) is 2.11. The zero-order valence-corrected chi connectivity index (χ0v) is 12.4. The average molecular weight is 311 g/mol. The van der Waals surface area contributed by atoms with Gasteiger partial charge in [-0.1, -0.05) is 24.6 Å². The Hall–Kier alpha value is -1.62. The summed E-state index contributed by atoms with van der Waals surface area (Å²) in [5, 5.41) is -0.0450. The van der Waals surface area contributed by atoms with Crippen molar-refractivity contribution in [3.05, 3.63) is 29.0 Å². The van der Waals surface area contributed by atoms with Crippen LogP contribution in [0.15, 0.2) is 18.2 Å². The molecule has 2 amide bonds. The van der Waals surface area contributed by atoms with Gasteiger partial charge in [0.2, 0.25) is 5.91 Å². The minimum Gasteiger partial charge on any atom is -0.329 e. The summed E-state index contributed by atoms with van der Waals surface area (Å²) in [6.07, 6.45) is 1.89. The van der Waals surface area contributed by atoms with E-state index in [1.165, 1.54) is 17.0 Å². The van der Waals surface area contributed by atoms with E-state index >= 15 is 0 Å². The van der Waals surface area contributed by atoms with Crippen LogP contribution in [-0.4, -0.2) is 35.3 Å². The molecule has 0 aromatic heterocycles. The van der Waals surface area contributed by atoms with Gasteiger partial charge in [-0.2, -0.15) is 0 Å². The second-order valence-electron chi connectivity index (χ2n) is 5.39. The monoisotopic (exact) mass is 310 g/mol. The quantitative estimate of drug-likeness (QED) is 0.842. The molecule has 2 aliphatic heterocycles. The van der Waals surface area contributed by atoms with Crippen molar-refractivity contribution < 1.29 is 14.0 Å². The van der Waals surface area contributed by atoms with Crippen LogP contribution in [-0.2, 0) is 9.59 Å². The maximum Gasteiger partial charge on any atom is 0.250 e. The molecular weight excluding hydrogens is 295 g/mol. The number of amides is 2. The number of nitrogens with zero attached hydrogens (tertiary/aromatic N) is 2. The molecule has 1 aromatic rings. The Morgan fingerprint density at radius 1 is 1.33 bits per heavy atom. The topological polar surface area (TPSA) is 40.6 Å². The fourth-order valence-corrected chi connectivity index (χ4v) is 3.40. The average Bonchev–Trinajstić information content (AvgIpc) is 2.96. The first-order chi connectivity index (χ1) is 10.1. The van der Waals surface area contributed by atoms with Crippen LogP contribution in [0.25, 0.3) is 0 Å². The molecule has 0 saturated carbocycles. The van der Waals surface area contributed by atoms with Gasteiger partial charge in [0, 0.05) is 6.54 Å². The highest BCUT2D eigenvalue weighted by Gasteiger charge is 2.48. The summed E-state index contributed by atoms with van der Waals surface area (Å²) in [5.41, 5.74) is 0.0965. The second-order valence-corrected chi connectivity index (χ2v) is 5.80. The summed E-state index contributed by atoms with van der Waals surface area (Å²) in [7, 11) is 0. The number of anilines is 1. The molecular formula is C15H16ClFN2O2. The van der Waals surface area contributed by atoms with E-state index in [4.69, 9.17) is 11.6 Å². The summed E-state index contributed by atoms with van der Waals surface area (Å²) >= 11 is 5.81. The minimum absolute atomic E-state index is 0.0450. The third-order valence-corrected chi connectivity index (χ3v) is 4.52. The predicted molar refractivity (Wildman–Crippen MR) is 77.7 cm³/mol. The van der Waals surface area contributed by atoms with Crippen LogP contribution in [0.5, 0.6) is 0 Å². The molecule has 2 saturated heterocycles. The Labute approximate surface area is 127 Å². The van der Waals surface area contributed by atoms with Crippen molar-refractivity contribution in [3.63, 3.8) is 0 Å². The highest BCUT2D eigenvalue weighted by Crippen LogP contribution is 2.34. The Balaban J connectivity index is 2.08. The Bertz CT molecular complexity index is 607. The number of rotatable bonds is 2. The molecule has 0 aliphatic carbocycles. The number of halogens is 2. The molecule has 0 N–H and O–H groups in total. The maximum atomic E-state index is 14.3. The number of hydrogen-bond donors (Lipinski definition) is 0. The first-order valence-electron chi connectivity index (χ1n) is 7.13. The van der Waals surface area contributed by atoms with Crippen molar-refractivity contribution in [3.8, 4) is 0 Å². The molecule has 1 aromatic carbocycles. The van der Waals surface area contributed by atoms with Crippen molar-refractivity contribution in [1.82, 2.24) is 4.90 Å². The van der Waals surface area contributed by atoms with Crippen molar-refractivity contribution in [2.45, 2.75) is 38.3 Å². The van der Waals surface area contributed by atoms with Crippen molar-refractivity contribution >= 4 is 29.1 Å². The van der Waals surface area contributed by atoms with Crippen LogP contribution < -0.4 is 4.90 Å². The smallest absolute Gasteiger partial charge is 0.250 e. The van der Waals surface area contributed by atoms with E-state index in [9.17, 15) is 14.0 Å². The van der Waals surface area contributed by atoms with Crippen LogP contribution in [0.4, 0.5) is 10.1 Å². The number of fused-ring (bicyclic) bond motifs is 1. The van der Waals surface area contributed by atoms with Crippen LogP contribution in [0, 0.1) is 5.82 Å². The lowest BCUT2D eigenvalue weighted by molar-refractivity contribution is -0.144. The number of hydrogen-bond acceptors (Lipinski definition) is 2. The van der Waals surface area contributed by atoms with E-state index in [-0.39, 0.29) is 22.5 Å². The van der Waals surface area contributed by atoms with Gasteiger partial charge in [-0.3, -0.25) is 14.5 Å². The molecule has 2 aliphatic rings. The molecule has 2 heterocycles. The second kappa shape index (κ2) is 5.30. The SMILES string of the molecule is CCC1C(=O)N2CCCC2C(=O)N1c1cccc(Cl)c1F. The summed E-state index contributed by atoms with van der Waals surface area (Å²) in [5.74, 6) is -0.954. The molecule has 21 heavy (non-hydrogen) atoms. The van der Waals surface area contributed by atoms with E-state index < -0.39 is 17.9 Å². The highest BCUT2D eigenvalue weighted by atomic mass is 35.5. The number of carbonyl (C=O) groups excluding carboxylic acids is 2. The minimum atomic E-state index is -0.653. The number of piperazine rings is 1. The van der Waals surface area contributed by atoms with Gasteiger partial charge in [0.05, 0.1) is 10.7 Å². The van der Waals surface area contributed by atoms with Crippen LogP contribution in [0.1, 0.15) is 26.2 Å². The molecule has 2 unspecified atom stereocenters. The lowest BCUT2D eigenvalue weighted by Crippen LogP contribution is -2.63. The highest BCUT2D eigenvalue weighted by molar-refractivity contribution is 6.31. The number of carbonyl (C=O) groups is 2. The Morgan fingerprint density at radius 3 is 2.81 bits per heavy atom. The van der Waals surface area contributed by atoms with Crippen LogP contribution >= 0.6 is 11.6 Å². The van der Waals surface area contributed by atoms with Crippen molar-refractivity contribution in [1.29, 1.82) is 0 Å². The zero-order chi connectivity index (χ0) is 15.1. The molecule has 4 nitrogen and oxygen atoms in total. The Kier molecular flexibility index (Phi) is 3.61. The lowest BCUT2D eigenvalue weighted by atomic mass is 10.0.